The zero-order chi connectivity index (χ0) is 25.8. The number of allylic oxidation sites excluding steroid dienone is 4. The number of ether oxygens (including phenoxy) is 1. The normalized spacial score (nSPS) is 35.5. The molecule has 2 saturated carbocycles. The van der Waals surface area contributed by atoms with Gasteiger partial charge in [-0.1, -0.05) is 24.6 Å². The summed E-state index contributed by atoms with van der Waals surface area (Å²) in [6, 6.07) is 9.13. The highest BCUT2D eigenvalue weighted by Crippen LogP contribution is 2.67. The van der Waals surface area contributed by atoms with E-state index in [2.05, 4.69) is 36.1 Å². The van der Waals surface area contributed by atoms with Crippen molar-refractivity contribution >= 4 is 17.3 Å². The van der Waals surface area contributed by atoms with Crippen LogP contribution in [0.15, 0.2) is 47.1 Å². The number of methoxy groups -OCH3 is 1. The molecule has 37 heavy (non-hydrogen) atoms. The van der Waals surface area contributed by atoms with Gasteiger partial charge in [-0.3, -0.25) is 9.59 Å². The lowest BCUT2D eigenvalue weighted by molar-refractivity contribution is -0.158. The molecule has 5 nitrogen and oxygen atoms in total. The number of fused-ring (bicyclic) bond motifs is 4. The molecule has 198 valence electrons. The monoisotopic (exact) mass is 503 g/mol. The number of nitrogens with zero attached hydrogens (tertiary/aromatic N) is 1. The molecule has 1 aliphatic heterocycles. The Balaban J connectivity index is 1.43. The van der Waals surface area contributed by atoms with Crippen LogP contribution in [-0.2, 0) is 14.3 Å². The number of ketones is 2. The molecule has 6 rings (SSSR count). The van der Waals surface area contributed by atoms with Gasteiger partial charge < -0.3 is 14.7 Å². The standard InChI is InChI=1S/C32H41NO4/c1-31-19-27(21-6-9-23(10-7-21)33-16-4-3-5-17-33)30-25-13-11-24(34)18-22(25)8-12-26(30)28(31)14-15-32(31,36)29(35)20-37-2/h6-7,9-10,18,26-28,36H,3-5,8,11-17,19-20H2,1-2H3/t26-,27+,28-,31-,32-/m0/s1. The highest BCUT2D eigenvalue weighted by molar-refractivity contribution is 5.93. The second-order valence-corrected chi connectivity index (χ2v) is 12.4. The van der Waals surface area contributed by atoms with Crippen LogP contribution >= 0.6 is 0 Å². The summed E-state index contributed by atoms with van der Waals surface area (Å²) in [5.41, 5.74) is 4.86. The van der Waals surface area contributed by atoms with E-state index in [1.54, 1.807) is 0 Å². The van der Waals surface area contributed by atoms with E-state index < -0.39 is 11.0 Å². The largest absolute Gasteiger partial charge is 0.381 e. The summed E-state index contributed by atoms with van der Waals surface area (Å²) in [6.07, 6.45) is 11.2. The van der Waals surface area contributed by atoms with Crippen LogP contribution in [0, 0.1) is 17.3 Å². The summed E-state index contributed by atoms with van der Waals surface area (Å²) >= 11 is 0. The van der Waals surface area contributed by atoms with Crippen LogP contribution in [0.1, 0.15) is 82.6 Å². The molecule has 5 heteroatoms. The number of piperidine rings is 1. The van der Waals surface area contributed by atoms with Gasteiger partial charge >= 0.3 is 0 Å². The first-order valence-corrected chi connectivity index (χ1v) is 14.4. The third-order valence-electron chi connectivity index (χ3n) is 10.6. The molecule has 5 aliphatic rings. The number of carbonyl (C=O) groups is 2. The Morgan fingerprint density at radius 3 is 2.57 bits per heavy atom. The lowest BCUT2D eigenvalue weighted by atomic mass is 9.50. The van der Waals surface area contributed by atoms with E-state index in [1.807, 2.05) is 6.08 Å². The van der Waals surface area contributed by atoms with E-state index in [9.17, 15) is 14.7 Å². The minimum atomic E-state index is -1.35. The van der Waals surface area contributed by atoms with Gasteiger partial charge in [-0.05, 0) is 105 Å². The van der Waals surface area contributed by atoms with Crippen LogP contribution in [0.25, 0.3) is 0 Å². The number of hydrogen-bond acceptors (Lipinski definition) is 5. The van der Waals surface area contributed by atoms with E-state index in [1.165, 1.54) is 54.3 Å². The lowest BCUT2D eigenvalue weighted by Crippen LogP contribution is -2.56. The van der Waals surface area contributed by atoms with Gasteiger partial charge in [0.05, 0.1) is 0 Å². The maximum Gasteiger partial charge on any atom is 0.190 e. The number of anilines is 1. The van der Waals surface area contributed by atoms with Crippen LogP contribution in [0.5, 0.6) is 0 Å². The Hall–Kier alpha value is -2.24. The molecule has 1 N–H and O–H groups in total. The molecule has 1 aromatic carbocycles. The summed E-state index contributed by atoms with van der Waals surface area (Å²) in [5, 5.41) is 12.0. The van der Waals surface area contributed by atoms with Crippen molar-refractivity contribution in [2.75, 3.05) is 31.7 Å². The van der Waals surface area contributed by atoms with Crippen LogP contribution in [0.4, 0.5) is 5.69 Å². The third kappa shape index (κ3) is 3.96. The number of carbonyl (C=O) groups excluding carboxylic acids is 2. The average molecular weight is 504 g/mol. The van der Waals surface area contributed by atoms with Crippen molar-refractivity contribution in [2.45, 2.75) is 82.7 Å². The van der Waals surface area contributed by atoms with E-state index in [4.69, 9.17) is 4.74 Å². The first kappa shape index (κ1) is 25.1. The molecule has 1 aromatic rings. The van der Waals surface area contributed by atoms with E-state index in [-0.39, 0.29) is 30.0 Å². The van der Waals surface area contributed by atoms with E-state index in [0.717, 1.165) is 45.2 Å². The first-order chi connectivity index (χ1) is 17.9. The summed E-state index contributed by atoms with van der Waals surface area (Å²) in [6.45, 7) is 4.37. The Kier molecular flexibility index (Phi) is 6.43. The Labute approximate surface area is 221 Å². The van der Waals surface area contributed by atoms with Crippen molar-refractivity contribution < 1.29 is 19.4 Å². The van der Waals surface area contributed by atoms with Crippen LogP contribution in [0.3, 0.4) is 0 Å². The molecule has 4 aliphatic carbocycles. The molecule has 0 amide bonds. The molecule has 0 aromatic heterocycles. The predicted octanol–water partition coefficient (Wildman–Crippen LogP) is 5.52. The number of hydrogen-bond donors (Lipinski definition) is 1. The molecule has 3 fully saturated rings. The van der Waals surface area contributed by atoms with Crippen molar-refractivity contribution in [3.63, 3.8) is 0 Å². The highest BCUT2D eigenvalue weighted by atomic mass is 16.5. The molecule has 0 unspecified atom stereocenters. The van der Waals surface area contributed by atoms with Gasteiger partial charge in [-0.25, -0.2) is 0 Å². The van der Waals surface area contributed by atoms with Crippen LogP contribution < -0.4 is 4.90 Å². The van der Waals surface area contributed by atoms with Crippen molar-refractivity contribution in [1.82, 2.24) is 0 Å². The SMILES string of the molecule is COCC(=O)[C@@]1(O)CC[C@H]2[C@@H]3CCC4=CC(=O)CCC4=C3[C@@H](c3ccc(N4CCCCC4)cc3)C[C@@]21C. The van der Waals surface area contributed by atoms with E-state index >= 15 is 0 Å². The second kappa shape index (κ2) is 9.50. The quantitative estimate of drug-likeness (QED) is 0.573. The minimum absolute atomic E-state index is 0.0401. The van der Waals surface area contributed by atoms with Crippen molar-refractivity contribution in [3.05, 3.63) is 52.6 Å². The van der Waals surface area contributed by atoms with Crippen molar-refractivity contribution in [1.29, 1.82) is 0 Å². The second-order valence-electron chi connectivity index (χ2n) is 12.4. The topological polar surface area (TPSA) is 66.8 Å². The van der Waals surface area contributed by atoms with Gasteiger partial charge in [0, 0.05) is 43.6 Å². The molecule has 1 heterocycles. The predicted molar refractivity (Wildman–Crippen MR) is 145 cm³/mol. The average Bonchev–Trinajstić information content (AvgIpc) is 3.20. The number of Topliss-reactive ketones (excluding diaryl/α,β-unsaturated/α-hetero) is 1. The highest BCUT2D eigenvalue weighted by Gasteiger charge is 2.65. The zero-order valence-electron chi connectivity index (χ0n) is 22.4. The number of rotatable bonds is 5. The van der Waals surface area contributed by atoms with Gasteiger partial charge in [0.15, 0.2) is 11.6 Å². The van der Waals surface area contributed by atoms with E-state index in [0.29, 0.717) is 18.8 Å². The summed E-state index contributed by atoms with van der Waals surface area (Å²) in [5.74, 6) is 0.837. The van der Waals surface area contributed by atoms with Gasteiger partial charge in [0.1, 0.15) is 12.2 Å². The molecule has 0 radical (unpaired) electrons. The van der Waals surface area contributed by atoms with Gasteiger partial charge in [-0.15, -0.1) is 0 Å². The Bertz CT molecular complexity index is 1140. The molecule has 0 bridgehead atoms. The zero-order valence-corrected chi connectivity index (χ0v) is 22.4. The fraction of sp³-hybridized carbons (Fsp3) is 0.625. The van der Waals surface area contributed by atoms with Crippen LogP contribution in [0.2, 0.25) is 0 Å². The van der Waals surface area contributed by atoms with Gasteiger partial charge in [0.25, 0.3) is 0 Å². The lowest BCUT2D eigenvalue weighted by Gasteiger charge is -2.54. The number of benzene rings is 1. The summed E-state index contributed by atoms with van der Waals surface area (Å²) < 4.78 is 5.21. The third-order valence-corrected chi connectivity index (χ3v) is 10.6. The Morgan fingerprint density at radius 2 is 1.84 bits per heavy atom. The maximum absolute atomic E-state index is 13.3. The summed E-state index contributed by atoms with van der Waals surface area (Å²) in [4.78, 5) is 28.1. The molecule has 0 spiro atoms. The summed E-state index contributed by atoms with van der Waals surface area (Å²) in [7, 11) is 1.53. The molecular weight excluding hydrogens is 462 g/mol. The maximum atomic E-state index is 13.3. The van der Waals surface area contributed by atoms with Crippen LogP contribution in [-0.4, -0.2) is 49.1 Å². The molecule has 5 atom stereocenters. The van der Waals surface area contributed by atoms with Gasteiger partial charge in [-0.2, -0.15) is 0 Å². The molecule has 1 saturated heterocycles. The van der Waals surface area contributed by atoms with Gasteiger partial charge in [0.2, 0.25) is 0 Å². The minimum Gasteiger partial charge on any atom is -0.381 e. The fourth-order valence-corrected chi connectivity index (χ4v) is 8.74. The first-order valence-electron chi connectivity index (χ1n) is 14.4. The smallest absolute Gasteiger partial charge is 0.190 e. The fourth-order valence-electron chi connectivity index (χ4n) is 8.74. The number of aliphatic hydroxyl groups is 1. The molecular formula is C32H41NO4. The van der Waals surface area contributed by atoms with Crippen molar-refractivity contribution in [2.24, 2.45) is 17.3 Å². The van der Waals surface area contributed by atoms with Crippen molar-refractivity contribution in [3.8, 4) is 0 Å². The Morgan fingerprint density at radius 1 is 1.08 bits per heavy atom.